The summed E-state index contributed by atoms with van der Waals surface area (Å²) in [6.07, 6.45) is 2.53. The number of sulfonamides is 1. The Balaban J connectivity index is 1.90. The van der Waals surface area contributed by atoms with Crippen LogP contribution in [0.3, 0.4) is 0 Å². The molecule has 1 aromatic carbocycles. The number of aryl methyl sites for hydroxylation is 1. The number of anilines is 2. The van der Waals surface area contributed by atoms with Crippen molar-refractivity contribution in [3.05, 3.63) is 40.3 Å². The van der Waals surface area contributed by atoms with Gasteiger partial charge < -0.3 is 10.1 Å². The Bertz CT molecular complexity index is 978. The maximum Gasteiger partial charge on any atom is 0.341 e. The lowest BCUT2D eigenvalue weighted by Crippen LogP contribution is -2.16. The molecule has 1 amide bonds. The Morgan fingerprint density at radius 2 is 1.89 bits per heavy atom. The fourth-order valence-corrected chi connectivity index (χ4v) is 5.58. The molecule has 0 saturated carbocycles. The summed E-state index contributed by atoms with van der Waals surface area (Å²) in [4.78, 5) is 24.5. The summed E-state index contributed by atoms with van der Waals surface area (Å²) in [5, 5.41) is 2.88. The highest BCUT2D eigenvalue weighted by atomic mass is 32.2. The topological polar surface area (TPSA) is 102 Å². The normalized spacial score (nSPS) is 13.1. The van der Waals surface area contributed by atoms with Crippen LogP contribution in [0.25, 0.3) is 0 Å². The molecule has 1 aromatic heterocycles. The van der Waals surface area contributed by atoms with Crippen molar-refractivity contribution in [2.75, 3.05) is 16.6 Å². The summed E-state index contributed by atoms with van der Waals surface area (Å²) in [6.45, 7) is 3.31. The molecule has 0 saturated heterocycles. The summed E-state index contributed by atoms with van der Waals surface area (Å²) in [5.41, 5.74) is 1.72. The molecular formula is C18H20N2O5S2. The summed E-state index contributed by atoms with van der Waals surface area (Å²) in [7, 11) is -3.88. The van der Waals surface area contributed by atoms with Crippen LogP contribution in [0.2, 0.25) is 0 Å². The van der Waals surface area contributed by atoms with Crippen LogP contribution in [0.1, 0.15) is 41.1 Å². The third-order valence-electron chi connectivity index (χ3n) is 4.11. The Kier molecular flexibility index (Phi) is 5.52. The number of esters is 1. The minimum atomic E-state index is -3.88. The van der Waals surface area contributed by atoms with Gasteiger partial charge in [-0.1, -0.05) is 0 Å². The van der Waals surface area contributed by atoms with Gasteiger partial charge >= 0.3 is 5.97 Å². The van der Waals surface area contributed by atoms with Crippen LogP contribution in [0.5, 0.6) is 0 Å². The highest BCUT2D eigenvalue weighted by Gasteiger charge is 2.29. The second kappa shape index (κ2) is 7.69. The lowest BCUT2D eigenvalue weighted by atomic mass is 10.1. The first-order valence-electron chi connectivity index (χ1n) is 8.54. The van der Waals surface area contributed by atoms with Crippen LogP contribution >= 0.6 is 11.3 Å². The number of benzene rings is 1. The van der Waals surface area contributed by atoms with Crippen LogP contribution in [0.4, 0.5) is 10.7 Å². The predicted molar refractivity (Wildman–Crippen MR) is 104 cm³/mol. The number of fused-ring (bicyclic) bond motifs is 1. The predicted octanol–water partition coefficient (Wildman–Crippen LogP) is 3.17. The maximum atomic E-state index is 12.8. The number of carbonyl (C=O) groups is 2. The molecule has 3 rings (SSSR count). The third kappa shape index (κ3) is 4.14. The van der Waals surface area contributed by atoms with Crippen molar-refractivity contribution >= 4 is 43.9 Å². The van der Waals surface area contributed by atoms with Gasteiger partial charge in [0, 0.05) is 17.5 Å². The molecule has 0 radical (unpaired) electrons. The van der Waals surface area contributed by atoms with E-state index in [-0.39, 0.29) is 17.4 Å². The van der Waals surface area contributed by atoms with Crippen molar-refractivity contribution in [3.63, 3.8) is 0 Å². The van der Waals surface area contributed by atoms with Gasteiger partial charge in [0.2, 0.25) is 5.91 Å². The van der Waals surface area contributed by atoms with E-state index in [0.29, 0.717) is 16.3 Å². The van der Waals surface area contributed by atoms with Crippen molar-refractivity contribution in [3.8, 4) is 0 Å². The summed E-state index contributed by atoms with van der Waals surface area (Å²) < 4.78 is 33.2. The van der Waals surface area contributed by atoms with Gasteiger partial charge in [-0.15, -0.1) is 11.3 Å². The van der Waals surface area contributed by atoms with Crippen molar-refractivity contribution in [2.24, 2.45) is 0 Å². The van der Waals surface area contributed by atoms with E-state index in [0.717, 1.165) is 29.7 Å². The zero-order chi connectivity index (χ0) is 19.6. The number of thiophene rings is 1. The molecule has 144 valence electrons. The molecule has 2 aromatic rings. The van der Waals surface area contributed by atoms with Crippen LogP contribution in [0, 0.1) is 0 Å². The molecule has 1 aliphatic rings. The number of nitrogens with one attached hydrogen (secondary N) is 2. The summed E-state index contributed by atoms with van der Waals surface area (Å²) in [6, 6.07) is 5.82. The highest BCUT2D eigenvalue weighted by molar-refractivity contribution is 7.93. The second-order valence-electron chi connectivity index (χ2n) is 6.09. The van der Waals surface area contributed by atoms with E-state index in [9.17, 15) is 18.0 Å². The molecular weight excluding hydrogens is 388 g/mol. The molecule has 0 bridgehead atoms. The third-order valence-corrected chi connectivity index (χ3v) is 6.81. The number of carbonyl (C=O) groups excluding carboxylic acids is 2. The van der Waals surface area contributed by atoms with Gasteiger partial charge in [0.25, 0.3) is 10.0 Å². The van der Waals surface area contributed by atoms with Crippen molar-refractivity contribution in [1.29, 1.82) is 0 Å². The first-order valence-corrected chi connectivity index (χ1v) is 10.8. The molecule has 1 aliphatic carbocycles. The molecule has 9 heteroatoms. The van der Waals surface area contributed by atoms with Gasteiger partial charge in [0.05, 0.1) is 17.1 Å². The molecule has 1 heterocycles. The number of rotatable bonds is 6. The summed E-state index contributed by atoms with van der Waals surface area (Å²) in [5.74, 6) is -0.744. The highest BCUT2D eigenvalue weighted by Crippen LogP contribution is 2.40. The zero-order valence-electron chi connectivity index (χ0n) is 15.0. The molecule has 2 N–H and O–H groups in total. The van der Waals surface area contributed by atoms with E-state index in [2.05, 4.69) is 10.0 Å². The smallest absolute Gasteiger partial charge is 0.341 e. The first kappa shape index (κ1) is 19.4. The van der Waals surface area contributed by atoms with Gasteiger partial charge in [-0.2, -0.15) is 0 Å². The van der Waals surface area contributed by atoms with E-state index < -0.39 is 16.0 Å². The Labute approximate surface area is 161 Å². The van der Waals surface area contributed by atoms with E-state index in [1.54, 1.807) is 6.92 Å². The van der Waals surface area contributed by atoms with E-state index in [1.165, 1.54) is 42.5 Å². The lowest BCUT2D eigenvalue weighted by Gasteiger charge is -2.10. The second-order valence-corrected chi connectivity index (χ2v) is 8.88. The molecule has 0 aliphatic heterocycles. The maximum absolute atomic E-state index is 12.8. The van der Waals surface area contributed by atoms with Crippen LogP contribution in [-0.2, 0) is 32.4 Å². The standard InChI is InChI=1S/C18H20N2O5S2/c1-3-25-18(22)16-14-5-4-6-15(14)26-17(16)20-27(23,24)13-9-7-12(8-10-13)19-11(2)21/h7-10,20H,3-6H2,1-2H3,(H,19,21). The minimum absolute atomic E-state index is 0.0416. The monoisotopic (exact) mass is 408 g/mol. The van der Waals surface area contributed by atoms with Crippen LogP contribution < -0.4 is 10.0 Å². The quantitative estimate of drug-likeness (QED) is 0.715. The van der Waals surface area contributed by atoms with Gasteiger partial charge in [-0.25, -0.2) is 13.2 Å². The fourth-order valence-electron chi connectivity index (χ4n) is 3.00. The van der Waals surface area contributed by atoms with E-state index >= 15 is 0 Å². The molecule has 0 spiro atoms. The Morgan fingerprint density at radius 3 is 2.52 bits per heavy atom. The molecule has 0 unspecified atom stereocenters. The molecule has 7 nitrogen and oxygen atoms in total. The largest absolute Gasteiger partial charge is 0.462 e. The van der Waals surface area contributed by atoms with Crippen molar-refractivity contribution < 1.29 is 22.7 Å². The van der Waals surface area contributed by atoms with Crippen molar-refractivity contribution in [2.45, 2.75) is 38.0 Å². The summed E-state index contributed by atoms with van der Waals surface area (Å²) >= 11 is 1.29. The van der Waals surface area contributed by atoms with Crippen LogP contribution in [0.15, 0.2) is 29.2 Å². The van der Waals surface area contributed by atoms with E-state index in [1.807, 2.05) is 0 Å². The first-order chi connectivity index (χ1) is 12.8. The molecule has 27 heavy (non-hydrogen) atoms. The molecule has 0 fully saturated rings. The average Bonchev–Trinajstić information content (AvgIpc) is 3.15. The zero-order valence-corrected chi connectivity index (χ0v) is 16.6. The lowest BCUT2D eigenvalue weighted by molar-refractivity contribution is -0.114. The number of hydrogen-bond acceptors (Lipinski definition) is 6. The number of hydrogen-bond donors (Lipinski definition) is 2. The van der Waals surface area contributed by atoms with Gasteiger partial charge in [-0.3, -0.25) is 9.52 Å². The van der Waals surface area contributed by atoms with E-state index in [4.69, 9.17) is 4.74 Å². The average molecular weight is 409 g/mol. The Morgan fingerprint density at radius 1 is 1.19 bits per heavy atom. The van der Waals surface area contributed by atoms with Gasteiger partial charge in [0.15, 0.2) is 0 Å². The van der Waals surface area contributed by atoms with Gasteiger partial charge in [-0.05, 0) is 56.0 Å². The fraction of sp³-hybridized carbons (Fsp3) is 0.333. The van der Waals surface area contributed by atoms with Gasteiger partial charge in [0.1, 0.15) is 5.00 Å². The number of ether oxygens (including phenoxy) is 1. The number of amides is 1. The minimum Gasteiger partial charge on any atom is -0.462 e. The SMILES string of the molecule is CCOC(=O)c1c(NS(=O)(=O)c2ccc(NC(C)=O)cc2)sc2c1CCC2. The van der Waals surface area contributed by atoms with Crippen LogP contribution in [-0.4, -0.2) is 26.9 Å². The molecule has 0 atom stereocenters. The van der Waals surface area contributed by atoms with Crippen molar-refractivity contribution in [1.82, 2.24) is 0 Å². The Hall–Kier alpha value is -2.39.